The number of nitrogens with one attached hydrogen (secondary N) is 1. The molecule has 3 N–H and O–H groups in total. The Balaban J connectivity index is 1.68. The molecule has 2 aliphatic carbocycles. The minimum atomic E-state index is -0.160. The molecule has 0 saturated heterocycles. The lowest BCUT2D eigenvalue weighted by Crippen LogP contribution is -2.45. The molecule has 2 saturated carbocycles. The summed E-state index contributed by atoms with van der Waals surface area (Å²) < 4.78 is 5.47. The van der Waals surface area contributed by atoms with Crippen LogP contribution in [0.4, 0.5) is 0 Å². The highest BCUT2D eigenvalue weighted by Crippen LogP contribution is 2.37. The van der Waals surface area contributed by atoms with Crippen LogP contribution in [0.5, 0.6) is 0 Å². The summed E-state index contributed by atoms with van der Waals surface area (Å²) in [5.41, 5.74) is 5.79. The fourth-order valence-electron chi connectivity index (χ4n) is 3.16. The Morgan fingerprint density at radius 2 is 2.17 bits per heavy atom. The molecule has 4 heteroatoms. The maximum Gasteiger partial charge on any atom is 0.222 e. The van der Waals surface area contributed by atoms with Crippen molar-refractivity contribution in [2.75, 3.05) is 13.7 Å². The molecule has 0 aromatic heterocycles. The summed E-state index contributed by atoms with van der Waals surface area (Å²) in [6.07, 6.45) is 8.32. The minimum Gasteiger partial charge on any atom is -0.378 e. The van der Waals surface area contributed by atoms with Gasteiger partial charge in [-0.15, -0.1) is 0 Å². The maximum absolute atomic E-state index is 11.9. The van der Waals surface area contributed by atoms with Crippen molar-refractivity contribution in [1.82, 2.24) is 5.32 Å². The Bertz CT molecular complexity index is 284. The van der Waals surface area contributed by atoms with Crippen molar-refractivity contribution in [2.24, 2.45) is 11.7 Å². The lowest BCUT2D eigenvalue weighted by molar-refractivity contribution is -0.134. The number of hydrogen-bond donors (Lipinski definition) is 2. The summed E-state index contributed by atoms with van der Waals surface area (Å²) in [5.74, 6) is 0.702. The van der Waals surface area contributed by atoms with Crippen molar-refractivity contribution in [1.29, 1.82) is 0 Å². The SMILES string of the molecule is COC1(CC(=O)NCC2CCCC(N)C2)CCC1. The molecule has 1 amide bonds. The predicted octanol–water partition coefficient (Wildman–Crippen LogP) is 1.58. The van der Waals surface area contributed by atoms with E-state index in [0.717, 1.165) is 32.2 Å². The number of carbonyl (C=O) groups is 1. The molecular formula is C14H26N2O2. The van der Waals surface area contributed by atoms with E-state index >= 15 is 0 Å². The van der Waals surface area contributed by atoms with Gasteiger partial charge in [-0.2, -0.15) is 0 Å². The topological polar surface area (TPSA) is 64.3 Å². The number of ether oxygens (including phenoxy) is 1. The zero-order valence-corrected chi connectivity index (χ0v) is 11.4. The fraction of sp³-hybridized carbons (Fsp3) is 0.929. The zero-order chi connectivity index (χ0) is 13.0. The lowest BCUT2D eigenvalue weighted by Gasteiger charge is -2.40. The van der Waals surface area contributed by atoms with Gasteiger partial charge in [0, 0.05) is 19.7 Å². The average molecular weight is 254 g/mol. The molecule has 18 heavy (non-hydrogen) atoms. The van der Waals surface area contributed by atoms with E-state index in [0.29, 0.717) is 18.4 Å². The number of amides is 1. The summed E-state index contributed by atoms with van der Waals surface area (Å²) in [6.45, 7) is 0.784. The first-order valence-electron chi connectivity index (χ1n) is 7.21. The second-order valence-corrected chi connectivity index (χ2v) is 6.01. The molecule has 2 atom stereocenters. The molecule has 2 rings (SSSR count). The molecule has 0 bridgehead atoms. The predicted molar refractivity (Wildman–Crippen MR) is 71.2 cm³/mol. The van der Waals surface area contributed by atoms with Gasteiger partial charge >= 0.3 is 0 Å². The number of rotatable bonds is 5. The van der Waals surface area contributed by atoms with Gasteiger partial charge < -0.3 is 15.8 Å². The van der Waals surface area contributed by atoms with Crippen LogP contribution in [0.15, 0.2) is 0 Å². The van der Waals surface area contributed by atoms with Crippen molar-refractivity contribution in [3.63, 3.8) is 0 Å². The average Bonchev–Trinajstić information content (AvgIpc) is 2.31. The normalized spacial score (nSPS) is 30.6. The van der Waals surface area contributed by atoms with Crippen LogP contribution in [-0.4, -0.2) is 31.2 Å². The van der Waals surface area contributed by atoms with Gasteiger partial charge in [0.15, 0.2) is 0 Å². The highest BCUT2D eigenvalue weighted by atomic mass is 16.5. The molecule has 104 valence electrons. The summed E-state index contributed by atoms with van der Waals surface area (Å²) in [7, 11) is 1.71. The molecule has 0 aromatic carbocycles. The van der Waals surface area contributed by atoms with Gasteiger partial charge in [-0.05, 0) is 44.4 Å². The third-order valence-electron chi connectivity index (χ3n) is 4.59. The monoisotopic (exact) mass is 254 g/mol. The fourth-order valence-corrected chi connectivity index (χ4v) is 3.16. The van der Waals surface area contributed by atoms with Gasteiger partial charge in [0.1, 0.15) is 0 Å². The van der Waals surface area contributed by atoms with Crippen LogP contribution in [0.25, 0.3) is 0 Å². The largest absolute Gasteiger partial charge is 0.378 e. The van der Waals surface area contributed by atoms with Gasteiger partial charge in [-0.3, -0.25) is 4.79 Å². The van der Waals surface area contributed by atoms with Crippen molar-refractivity contribution in [3.05, 3.63) is 0 Å². The smallest absolute Gasteiger partial charge is 0.222 e. The molecule has 0 spiro atoms. The van der Waals surface area contributed by atoms with Crippen molar-refractivity contribution in [3.8, 4) is 0 Å². The quantitative estimate of drug-likeness (QED) is 0.783. The summed E-state index contributed by atoms with van der Waals surface area (Å²) in [6, 6.07) is 0.331. The molecule has 0 aliphatic heterocycles. The Kier molecular flexibility index (Phi) is 4.62. The summed E-state index contributed by atoms with van der Waals surface area (Å²) in [4.78, 5) is 11.9. The summed E-state index contributed by atoms with van der Waals surface area (Å²) in [5, 5.41) is 3.06. The molecule has 0 heterocycles. The van der Waals surface area contributed by atoms with Crippen molar-refractivity contribution < 1.29 is 9.53 Å². The maximum atomic E-state index is 11.9. The number of hydrogen-bond acceptors (Lipinski definition) is 3. The third-order valence-corrected chi connectivity index (χ3v) is 4.59. The molecule has 2 fully saturated rings. The van der Waals surface area contributed by atoms with Gasteiger partial charge in [0.25, 0.3) is 0 Å². The first-order chi connectivity index (χ1) is 8.63. The zero-order valence-electron chi connectivity index (χ0n) is 11.4. The molecule has 2 aliphatic rings. The van der Waals surface area contributed by atoms with Gasteiger partial charge in [0.05, 0.1) is 12.0 Å². The number of nitrogens with two attached hydrogens (primary N) is 1. The minimum absolute atomic E-state index is 0.135. The van der Waals surface area contributed by atoms with E-state index in [9.17, 15) is 4.79 Å². The summed E-state index contributed by atoms with van der Waals surface area (Å²) >= 11 is 0. The molecule has 4 nitrogen and oxygen atoms in total. The van der Waals surface area contributed by atoms with E-state index < -0.39 is 0 Å². The molecular weight excluding hydrogens is 228 g/mol. The van der Waals surface area contributed by atoms with Gasteiger partial charge in [-0.1, -0.05) is 6.42 Å². The first-order valence-corrected chi connectivity index (χ1v) is 7.21. The van der Waals surface area contributed by atoms with Gasteiger partial charge in [0.2, 0.25) is 5.91 Å². The van der Waals surface area contributed by atoms with E-state index in [1.165, 1.54) is 19.3 Å². The first kappa shape index (κ1) is 13.8. The number of carbonyl (C=O) groups excluding carboxylic acids is 1. The highest BCUT2D eigenvalue weighted by molar-refractivity contribution is 5.77. The van der Waals surface area contributed by atoms with Crippen LogP contribution in [0, 0.1) is 5.92 Å². The van der Waals surface area contributed by atoms with Gasteiger partial charge in [-0.25, -0.2) is 0 Å². The molecule has 0 aromatic rings. The Hall–Kier alpha value is -0.610. The van der Waals surface area contributed by atoms with Crippen LogP contribution in [0.3, 0.4) is 0 Å². The van der Waals surface area contributed by atoms with E-state index in [1.54, 1.807) is 7.11 Å². The lowest BCUT2D eigenvalue weighted by atomic mass is 9.77. The molecule has 2 unspecified atom stereocenters. The Morgan fingerprint density at radius 3 is 2.72 bits per heavy atom. The Morgan fingerprint density at radius 1 is 1.39 bits per heavy atom. The van der Waals surface area contributed by atoms with Crippen molar-refractivity contribution >= 4 is 5.91 Å². The van der Waals surface area contributed by atoms with Crippen LogP contribution < -0.4 is 11.1 Å². The third kappa shape index (κ3) is 3.45. The van der Waals surface area contributed by atoms with E-state index in [4.69, 9.17) is 10.5 Å². The van der Waals surface area contributed by atoms with E-state index in [2.05, 4.69) is 5.32 Å². The Labute approximate surface area is 110 Å². The second-order valence-electron chi connectivity index (χ2n) is 6.01. The van der Waals surface area contributed by atoms with Crippen LogP contribution in [-0.2, 0) is 9.53 Å². The number of methoxy groups -OCH3 is 1. The van der Waals surface area contributed by atoms with E-state index in [1.807, 2.05) is 0 Å². The highest BCUT2D eigenvalue weighted by Gasteiger charge is 2.39. The molecule has 0 radical (unpaired) electrons. The second kappa shape index (κ2) is 6.02. The van der Waals surface area contributed by atoms with Crippen LogP contribution in [0.1, 0.15) is 51.4 Å². The standard InChI is InChI=1S/C14H26N2O2/c1-18-14(6-3-7-14)9-13(17)16-10-11-4-2-5-12(15)8-11/h11-12H,2-10,15H2,1H3,(H,16,17). The van der Waals surface area contributed by atoms with E-state index in [-0.39, 0.29) is 11.5 Å². The van der Waals surface area contributed by atoms with Crippen LogP contribution >= 0.6 is 0 Å². The van der Waals surface area contributed by atoms with Crippen LogP contribution in [0.2, 0.25) is 0 Å². The van der Waals surface area contributed by atoms with Crippen molar-refractivity contribution in [2.45, 2.75) is 63.0 Å².